The van der Waals surface area contributed by atoms with E-state index in [1.165, 1.54) is 23.0 Å². The summed E-state index contributed by atoms with van der Waals surface area (Å²) in [5.41, 5.74) is 2.18. The minimum atomic E-state index is -0.510. The van der Waals surface area contributed by atoms with Crippen LogP contribution >= 0.6 is 11.6 Å². The van der Waals surface area contributed by atoms with Crippen LogP contribution in [0.4, 0.5) is 16.2 Å². The van der Waals surface area contributed by atoms with Gasteiger partial charge >= 0.3 is 6.03 Å². The molecule has 0 fully saturated rings. The normalized spacial score (nSPS) is 11.8. The van der Waals surface area contributed by atoms with Gasteiger partial charge in [0, 0.05) is 25.1 Å². The molecule has 0 aromatic carbocycles. The number of amides is 2. The van der Waals surface area contributed by atoms with Crippen LogP contribution in [0.5, 0.6) is 0 Å². The number of nitrogens with one attached hydrogen (secondary N) is 2. The minimum Gasteiger partial charge on any atom is -0.375 e. The van der Waals surface area contributed by atoms with Crippen molar-refractivity contribution in [3.05, 3.63) is 47.1 Å². The van der Waals surface area contributed by atoms with Crippen molar-refractivity contribution in [1.29, 1.82) is 5.26 Å². The van der Waals surface area contributed by atoms with Crippen molar-refractivity contribution in [3.8, 4) is 6.07 Å². The van der Waals surface area contributed by atoms with Crippen LogP contribution in [-0.2, 0) is 4.74 Å². The Balaban J connectivity index is 1.90. The third kappa shape index (κ3) is 3.56. The largest absolute Gasteiger partial charge is 0.375 e. The molecular weight excluding hydrogens is 358 g/mol. The predicted molar refractivity (Wildman–Crippen MR) is 95.0 cm³/mol. The standard InChI is InChI=1S/C16H14ClN7O2/c1-9(26-2)15-12(8-20-14-6-13(17)23-24(14)15)22-16(25)21-10-3-4-19-11(5-10)7-18/h3-6,8-9H,1-2H3,(H2,19,21,22,25)/t9-/m0/s1. The number of hydrogen-bond acceptors (Lipinski definition) is 6. The Bertz CT molecular complexity index is 1010. The van der Waals surface area contributed by atoms with Gasteiger partial charge < -0.3 is 15.4 Å². The van der Waals surface area contributed by atoms with Crippen LogP contribution in [0.25, 0.3) is 5.65 Å². The fourth-order valence-electron chi connectivity index (χ4n) is 2.38. The average molecular weight is 372 g/mol. The van der Waals surface area contributed by atoms with Gasteiger partial charge in [0.1, 0.15) is 11.8 Å². The number of carbonyl (C=O) groups excluding carboxylic acids is 1. The molecule has 0 saturated heterocycles. The predicted octanol–water partition coefficient (Wildman–Crippen LogP) is 3.00. The molecule has 2 amide bonds. The molecular formula is C16H14ClN7O2. The molecule has 0 aliphatic heterocycles. The van der Waals surface area contributed by atoms with Crippen molar-refractivity contribution >= 4 is 34.7 Å². The number of pyridine rings is 1. The number of hydrogen-bond donors (Lipinski definition) is 2. The maximum atomic E-state index is 12.3. The molecule has 3 rings (SSSR count). The van der Waals surface area contributed by atoms with E-state index in [-0.39, 0.29) is 17.0 Å². The molecule has 1 atom stereocenters. The Hall–Kier alpha value is -3.22. The van der Waals surface area contributed by atoms with Crippen LogP contribution < -0.4 is 10.6 Å². The number of nitrogens with zero attached hydrogens (tertiary/aromatic N) is 5. The topological polar surface area (TPSA) is 117 Å². The van der Waals surface area contributed by atoms with E-state index in [0.717, 1.165) is 0 Å². The fourth-order valence-corrected chi connectivity index (χ4v) is 2.55. The van der Waals surface area contributed by atoms with Crippen molar-refractivity contribution in [2.75, 3.05) is 17.7 Å². The Kier molecular flexibility index (Phi) is 4.97. The van der Waals surface area contributed by atoms with Crippen molar-refractivity contribution in [2.24, 2.45) is 0 Å². The van der Waals surface area contributed by atoms with E-state index in [4.69, 9.17) is 21.6 Å². The van der Waals surface area contributed by atoms with Crippen LogP contribution in [0.2, 0.25) is 5.15 Å². The van der Waals surface area contributed by atoms with Crippen LogP contribution in [-0.4, -0.2) is 32.7 Å². The lowest BCUT2D eigenvalue weighted by Gasteiger charge is -2.17. The lowest BCUT2D eigenvalue weighted by molar-refractivity contribution is 0.114. The van der Waals surface area contributed by atoms with Gasteiger partial charge in [-0.15, -0.1) is 0 Å². The van der Waals surface area contributed by atoms with E-state index in [1.54, 1.807) is 19.2 Å². The highest BCUT2D eigenvalue weighted by Gasteiger charge is 2.19. The monoisotopic (exact) mass is 371 g/mol. The summed E-state index contributed by atoms with van der Waals surface area (Å²) in [6.07, 6.45) is 2.56. The summed E-state index contributed by atoms with van der Waals surface area (Å²) in [6, 6.07) is 6.05. The zero-order valence-electron chi connectivity index (χ0n) is 13.9. The smallest absolute Gasteiger partial charge is 0.323 e. The van der Waals surface area contributed by atoms with Crippen LogP contribution in [0.1, 0.15) is 24.4 Å². The number of methoxy groups -OCH3 is 1. The zero-order chi connectivity index (χ0) is 18.7. The lowest BCUT2D eigenvalue weighted by Crippen LogP contribution is -2.22. The summed E-state index contributed by atoms with van der Waals surface area (Å²) in [4.78, 5) is 20.4. The van der Waals surface area contributed by atoms with E-state index in [2.05, 4.69) is 25.7 Å². The van der Waals surface area contributed by atoms with E-state index in [0.29, 0.717) is 22.7 Å². The number of halogens is 1. The highest BCUT2D eigenvalue weighted by atomic mass is 35.5. The molecule has 0 spiro atoms. The number of anilines is 2. The fraction of sp³-hybridized carbons (Fsp3) is 0.188. The molecule has 0 saturated carbocycles. The second-order valence-corrected chi connectivity index (χ2v) is 5.68. The molecule has 10 heteroatoms. The first-order valence-electron chi connectivity index (χ1n) is 7.53. The summed E-state index contributed by atoms with van der Waals surface area (Å²) in [5, 5.41) is 18.7. The summed E-state index contributed by atoms with van der Waals surface area (Å²) in [6.45, 7) is 1.81. The second-order valence-electron chi connectivity index (χ2n) is 5.29. The molecule has 0 bridgehead atoms. The van der Waals surface area contributed by atoms with Gasteiger partial charge in [-0.25, -0.2) is 19.3 Å². The van der Waals surface area contributed by atoms with Gasteiger partial charge in [0.25, 0.3) is 0 Å². The molecule has 9 nitrogen and oxygen atoms in total. The molecule has 0 aliphatic carbocycles. The van der Waals surface area contributed by atoms with Gasteiger partial charge in [-0.1, -0.05) is 11.6 Å². The lowest BCUT2D eigenvalue weighted by atomic mass is 10.2. The first-order chi connectivity index (χ1) is 12.5. The summed E-state index contributed by atoms with van der Waals surface area (Å²) in [5.74, 6) is 0. The molecule has 0 unspecified atom stereocenters. The van der Waals surface area contributed by atoms with Crippen LogP contribution in [0.3, 0.4) is 0 Å². The Morgan fingerprint density at radius 1 is 1.38 bits per heavy atom. The number of urea groups is 1. The van der Waals surface area contributed by atoms with Crippen molar-refractivity contribution in [3.63, 3.8) is 0 Å². The highest BCUT2D eigenvalue weighted by Crippen LogP contribution is 2.26. The zero-order valence-corrected chi connectivity index (χ0v) is 14.7. The van der Waals surface area contributed by atoms with Crippen molar-refractivity contribution in [1.82, 2.24) is 19.6 Å². The van der Waals surface area contributed by atoms with E-state index in [1.807, 2.05) is 13.0 Å². The quantitative estimate of drug-likeness (QED) is 0.727. The van der Waals surface area contributed by atoms with E-state index >= 15 is 0 Å². The Morgan fingerprint density at radius 3 is 2.92 bits per heavy atom. The number of ether oxygens (including phenoxy) is 1. The van der Waals surface area contributed by atoms with Gasteiger partial charge in [-0.3, -0.25) is 0 Å². The SMILES string of the molecule is CO[C@@H](C)c1c(NC(=O)Nc2ccnc(C#N)c2)cnc2cc(Cl)nn12. The first kappa shape index (κ1) is 17.6. The van der Waals surface area contributed by atoms with Crippen LogP contribution in [0, 0.1) is 11.3 Å². The highest BCUT2D eigenvalue weighted by molar-refractivity contribution is 6.29. The molecule has 3 aromatic heterocycles. The number of nitriles is 1. The maximum Gasteiger partial charge on any atom is 0.323 e. The molecule has 3 heterocycles. The number of aromatic nitrogens is 4. The number of carbonyl (C=O) groups is 1. The van der Waals surface area contributed by atoms with Gasteiger partial charge in [0.05, 0.1) is 23.7 Å². The molecule has 26 heavy (non-hydrogen) atoms. The third-order valence-corrected chi connectivity index (χ3v) is 3.79. The summed E-state index contributed by atoms with van der Waals surface area (Å²) >= 11 is 5.95. The number of fused-ring (bicyclic) bond motifs is 1. The van der Waals surface area contributed by atoms with Crippen molar-refractivity contribution in [2.45, 2.75) is 13.0 Å². The summed E-state index contributed by atoms with van der Waals surface area (Å²) in [7, 11) is 1.55. The Labute approximate surface area is 153 Å². The molecule has 0 radical (unpaired) electrons. The summed E-state index contributed by atoms with van der Waals surface area (Å²) < 4.78 is 6.90. The van der Waals surface area contributed by atoms with Gasteiger partial charge in [0.15, 0.2) is 10.8 Å². The number of rotatable bonds is 4. The van der Waals surface area contributed by atoms with E-state index in [9.17, 15) is 4.79 Å². The van der Waals surface area contributed by atoms with Gasteiger partial charge in [-0.2, -0.15) is 10.4 Å². The van der Waals surface area contributed by atoms with Crippen LogP contribution in [0.15, 0.2) is 30.6 Å². The first-order valence-corrected chi connectivity index (χ1v) is 7.90. The maximum absolute atomic E-state index is 12.3. The van der Waals surface area contributed by atoms with Crippen molar-refractivity contribution < 1.29 is 9.53 Å². The Morgan fingerprint density at radius 2 is 2.19 bits per heavy atom. The molecule has 2 N–H and O–H groups in total. The average Bonchev–Trinajstić information content (AvgIpc) is 3.01. The molecule has 132 valence electrons. The third-order valence-electron chi connectivity index (χ3n) is 3.61. The van der Waals surface area contributed by atoms with Gasteiger partial charge in [0.2, 0.25) is 0 Å². The molecule has 0 aliphatic rings. The molecule has 3 aromatic rings. The minimum absolute atomic E-state index is 0.200. The van der Waals surface area contributed by atoms with Gasteiger partial charge in [-0.05, 0) is 19.1 Å². The van der Waals surface area contributed by atoms with E-state index < -0.39 is 6.03 Å². The second kappa shape index (κ2) is 7.35.